The van der Waals surface area contributed by atoms with Crippen molar-refractivity contribution in [1.29, 1.82) is 0 Å². The van der Waals surface area contributed by atoms with Gasteiger partial charge >= 0.3 is 0 Å². The van der Waals surface area contributed by atoms with E-state index in [4.69, 9.17) is 4.52 Å². The minimum atomic E-state index is -0.229. The largest absolute Gasteiger partial charge is 0.360 e. The lowest BCUT2D eigenvalue weighted by Gasteiger charge is -2.07. The maximum Gasteiger partial charge on any atom is 0.238 e. The van der Waals surface area contributed by atoms with E-state index < -0.39 is 0 Å². The molecule has 0 aliphatic carbocycles. The Labute approximate surface area is 113 Å². The van der Waals surface area contributed by atoms with Crippen molar-refractivity contribution in [3.05, 3.63) is 22.9 Å². The van der Waals surface area contributed by atoms with Gasteiger partial charge in [0.2, 0.25) is 5.91 Å². The van der Waals surface area contributed by atoms with Crippen LogP contribution in [0.4, 0.5) is 5.82 Å². The van der Waals surface area contributed by atoms with Crippen molar-refractivity contribution in [3.63, 3.8) is 0 Å². The first-order chi connectivity index (χ1) is 8.54. The minimum absolute atomic E-state index is 0.110. The molecular formula is C11H13N3O2S2. The summed E-state index contributed by atoms with van der Waals surface area (Å²) in [6.07, 6.45) is 0. The van der Waals surface area contributed by atoms with Crippen LogP contribution in [0.1, 0.15) is 18.4 Å². The molecular weight excluding hydrogens is 270 g/mol. The molecule has 2 rings (SSSR count). The highest BCUT2D eigenvalue weighted by Gasteiger charge is 2.17. The summed E-state index contributed by atoms with van der Waals surface area (Å²) in [6, 6.07) is 1.68. The molecule has 5 nitrogen and oxygen atoms in total. The topological polar surface area (TPSA) is 68.0 Å². The SMILES string of the molecule is Cc1csc(SC(C)C(=O)Nc2cc(C)on2)n1. The molecule has 0 aliphatic rings. The average molecular weight is 283 g/mol. The van der Waals surface area contributed by atoms with E-state index in [-0.39, 0.29) is 11.2 Å². The monoisotopic (exact) mass is 283 g/mol. The highest BCUT2D eigenvalue weighted by molar-refractivity contribution is 8.02. The second-order valence-corrected chi connectivity index (χ2v) is 6.27. The van der Waals surface area contributed by atoms with Crippen LogP contribution in [0.25, 0.3) is 0 Å². The number of nitrogens with one attached hydrogen (secondary N) is 1. The number of anilines is 1. The Kier molecular flexibility index (Phi) is 4.03. The van der Waals surface area contributed by atoms with Crippen molar-refractivity contribution in [2.45, 2.75) is 30.4 Å². The van der Waals surface area contributed by atoms with Crippen LogP contribution in [0.3, 0.4) is 0 Å². The number of hydrogen-bond acceptors (Lipinski definition) is 6. The van der Waals surface area contributed by atoms with Crippen LogP contribution in [0.15, 0.2) is 20.3 Å². The van der Waals surface area contributed by atoms with Gasteiger partial charge in [-0.15, -0.1) is 11.3 Å². The number of nitrogens with zero attached hydrogens (tertiary/aromatic N) is 2. The van der Waals surface area contributed by atoms with E-state index >= 15 is 0 Å². The van der Waals surface area contributed by atoms with Crippen LogP contribution < -0.4 is 5.32 Å². The summed E-state index contributed by atoms with van der Waals surface area (Å²) in [7, 11) is 0. The molecule has 2 heterocycles. The zero-order chi connectivity index (χ0) is 13.1. The van der Waals surface area contributed by atoms with E-state index in [1.54, 1.807) is 24.3 Å². The molecule has 96 valence electrons. The second-order valence-electron chi connectivity index (χ2n) is 3.83. The lowest BCUT2D eigenvalue weighted by Crippen LogP contribution is -2.22. The summed E-state index contributed by atoms with van der Waals surface area (Å²) in [5, 5.41) is 8.16. The zero-order valence-corrected chi connectivity index (χ0v) is 11.9. The smallest absolute Gasteiger partial charge is 0.238 e. The summed E-state index contributed by atoms with van der Waals surface area (Å²) >= 11 is 2.98. The molecule has 1 atom stereocenters. The fourth-order valence-electron chi connectivity index (χ4n) is 1.24. The van der Waals surface area contributed by atoms with E-state index in [9.17, 15) is 4.79 Å². The molecule has 0 aliphatic heterocycles. The van der Waals surface area contributed by atoms with Gasteiger partial charge in [0.25, 0.3) is 0 Å². The number of carbonyl (C=O) groups is 1. The predicted octanol–water partition coefficient (Wildman–Crippen LogP) is 2.87. The molecule has 2 aromatic rings. The first-order valence-electron chi connectivity index (χ1n) is 5.37. The van der Waals surface area contributed by atoms with Gasteiger partial charge in [-0.05, 0) is 20.8 Å². The maximum atomic E-state index is 11.9. The van der Waals surface area contributed by atoms with E-state index in [0.717, 1.165) is 10.0 Å². The molecule has 2 aromatic heterocycles. The Bertz CT molecular complexity index is 550. The van der Waals surface area contributed by atoms with Crippen LogP contribution in [-0.4, -0.2) is 21.3 Å². The Morgan fingerprint density at radius 1 is 1.56 bits per heavy atom. The van der Waals surface area contributed by atoms with E-state index in [1.165, 1.54) is 11.8 Å². The molecule has 1 unspecified atom stereocenters. The fourth-order valence-corrected chi connectivity index (χ4v) is 3.23. The highest BCUT2D eigenvalue weighted by Crippen LogP contribution is 2.27. The van der Waals surface area contributed by atoms with Gasteiger partial charge in [-0.25, -0.2) is 4.98 Å². The van der Waals surface area contributed by atoms with E-state index in [1.807, 2.05) is 19.2 Å². The number of thioether (sulfide) groups is 1. The van der Waals surface area contributed by atoms with Crippen LogP contribution in [0.5, 0.6) is 0 Å². The van der Waals surface area contributed by atoms with Crippen LogP contribution >= 0.6 is 23.1 Å². The summed E-state index contributed by atoms with van der Waals surface area (Å²) in [5.41, 5.74) is 0.974. The standard InChI is InChI=1S/C11H13N3O2S2/c1-6-5-17-11(12-6)18-8(3)10(15)13-9-4-7(2)16-14-9/h4-5,8H,1-3H3,(H,13,14,15). The summed E-state index contributed by atoms with van der Waals surface area (Å²) in [5.74, 6) is 1.00. The van der Waals surface area contributed by atoms with E-state index in [2.05, 4.69) is 15.5 Å². The van der Waals surface area contributed by atoms with Crippen LogP contribution in [0, 0.1) is 13.8 Å². The third kappa shape index (κ3) is 3.33. The molecule has 0 fully saturated rings. The Hall–Kier alpha value is -1.34. The molecule has 0 spiro atoms. The van der Waals surface area contributed by atoms with Crippen molar-refractivity contribution in [3.8, 4) is 0 Å². The quantitative estimate of drug-likeness (QED) is 0.874. The summed E-state index contributed by atoms with van der Waals surface area (Å²) in [6.45, 7) is 5.55. The van der Waals surface area contributed by atoms with Gasteiger partial charge in [0.1, 0.15) is 5.76 Å². The van der Waals surface area contributed by atoms with Gasteiger partial charge < -0.3 is 9.84 Å². The molecule has 7 heteroatoms. The molecule has 0 saturated heterocycles. The number of thiazole rings is 1. The molecule has 0 aromatic carbocycles. The third-order valence-electron chi connectivity index (χ3n) is 2.12. The normalized spacial score (nSPS) is 12.4. The number of aromatic nitrogens is 2. The molecule has 0 bridgehead atoms. The summed E-state index contributed by atoms with van der Waals surface area (Å²) in [4.78, 5) is 16.2. The van der Waals surface area contributed by atoms with Gasteiger partial charge in [-0.2, -0.15) is 0 Å². The molecule has 0 radical (unpaired) electrons. The number of amides is 1. The lowest BCUT2D eigenvalue weighted by atomic mass is 10.4. The van der Waals surface area contributed by atoms with E-state index in [0.29, 0.717) is 11.6 Å². The second kappa shape index (κ2) is 5.53. The molecule has 18 heavy (non-hydrogen) atoms. The number of hydrogen-bond donors (Lipinski definition) is 1. The van der Waals surface area contributed by atoms with Gasteiger partial charge in [0, 0.05) is 17.1 Å². The minimum Gasteiger partial charge on any atom is -0.360 e. The Morgan fingerprint density at radius 2 is 2.33 bits per heavy atom. The summed E-state index contributed by atoms with van der Waals surface area (Å²) < 4.78 is 5.78. The van der Waals surface area contributed by atoms with Gasteiger partial charge in [0.05, 0.1) is 5.25 Å². The van der Waals surface area contributed by atoms with Crippen molar-refractivity contribution >= 4 is 34.8 Å². The Balaban J connectivity index is 1.92. The van der Waals surface area contributed by atoms with Gasteiger partial charge in [0.15, 0.2) is 10.2 Å². The van der Waals surface area contributed by atoms with Crippen LogP contribution in [-0.2, 0) is 4.79 Å². The number of rotatable bonds is 4. The maximum absolute atomic E-state index is 11.9. The van der Waals surface area contributed by atoms with Crippen molar-refractivity contribution in [2.24, 2.45) is 0 Å². The van der Waals surface area contributed by atoms with Gasteiger partial charge in [-0.1, -0.05) is 16.9 Å². The van der Waals surface area contributed by atoms with Crippen molar-refractivity contribution < 1.29 is 9.32 Å². The molecule has 1 N–H and O–H groups in total. The zero-order valence-electron chi connectivity index (χ0n) is 10.3. The van der Waals surface area contributed by atoms with Crippen molar-refractivity contribution in [1.82, 2.24) is 10.1 Å². The average Bonchev–Trinajstić information content (AvgIpc) is 2.88. The molecule has 1 amide bonds. The number of carbonyl (C=O) groups excluding carboxylic acids is 1. The third-order valence-corrected chi connectivity index (χ3v) is 4.31. The Morgan fingerprint density at radius 3 is 2.89 bits per heavy atom. The predicted molar refractivity (Wildman–Crippen MR) is 72.0 cm³/mol. The first kappa shape index (κ1) is 13.1. The highest BCUT2D eigenvalue weighted by atomic mass is 32.2. The molecule has 0 saturated carbocycles. The van der Waals surface area contributed by atoms with Crippen molar-refractivity contribution in [2.75, 3.05) is 5.32 Å². The lowest BCUT2D eigenvalue weighted by molar-refractivity contribution is -0.115. The fraction of sp³-hybridized carbons (Fsp3) is 0.364. The van der Waals surface area contributed by atoms with Gasteiger partial charge in [-0.3, -0.25) is 4.79 Å². The number of aryl methyl sites for hydroxylation is 2. The van der Waals surface area contributed by atoms with Crippen LogP contribution in [0.2, 0.25) is 0 Å². The first-order valence-corrected chi connectivity index (χ1v) is 7.13.